The maximum atomic E-state index is 12.5. The van der Waals surface area contributed by atoms with Crippen molar-refractivity contribution in [2.24, 2.45) is 0 Å². The summed E-state index contributed by atoms with van der Waals surface area (Å²) in [6, 6.07) is 45.5. The van der Waals surface area contributed by atoms with Gasteiger partial charge in [0.05, 0.1) is 34.2 Å². The Hall–Kier alpha value is -6.46. The first kappa shape index (κ1) is 41.9. The Morgan fingerprint density at radius 2 is 1.14 bits per heavy atom. The number of para-hydroxylation sites is 2. The Labute approximate surface area is 372 Å². The summed E-state index contributed by atoms with van der Waals surface area (Å²) in [7, 11) is 0. The standard InChI is InChI=1S/C58H59N3O2/c1-55(2,3)38-25-26-48(43(30-38)35-19-14-13-15-20-35)61-49-23-18-22-41(52(49)60-54(61)45-31-40(57(7,8)9)32-46(53(45)62)58(10,11)12)36-27-37(29-39(28-36)56(4,5)6)47-33-44-42-21-16-17-24-50(42)63-51(44)34-59-47/h13-34,62H,1-12H3. The molecule has 63 heavy (non-hydrogen) atoms. The first-order valence-electron chi connectivity index (χ1n) is 22.2. The van der Waals surface area contributed by atoms with Gasteiger partial charge in [-0.05, 0) is 98.0 Å². The number of phenols is 1. The lowest BCUT2D eigenvalue weighted by Crippen LogP contribution is -2.17. The third kappa shape index (κ3) is 7.62. The number of phenolic OH excluding ortho intramolecular Hbond substituents is 1. The average molecular weight is 830 g/mol. The van der Waals surface area contributed by atoms with E-state index in [1.54, 1.807) is 0 Å². The van der Waals surface area contributed by atoms with Crippen molar-refractivity contribution in [2.45, 2.75) is 105 Å². The summed E-state index contributed by atoms with van der Waals surface area (Å²) >= 11 is 0. The summed E-state index contributed by atoms with van der Waals surface area (Å²) in [4.78, 5) is 10.7. The van der Waals surface area contributed by atoms with Crippen LogP contribution in [0.5, 0.6) is 5.75 Å². The number of hydrogen-bond donors (Lipinski definition) is 1. The van der Waals surface area contributed by atoms with E-state index in [2.05, 4.69) is 203 Å². The third-order valence-corrected chi connectivity index (χ3v) is 12.6. The van der Waals surface area contributed by atoms with E-state index in [-0.39, 0.29) is 27.4 Å². The smallest absolute Gasteiger partial charge is 0.153 e. The van der Waals surface area contributed by atoms with Crippen LogP contribution in [0.2, 0.25) is 0 Å². The highest BCUT2D eigenvalue weighted by atomic mass is 16.3. The molecule has 0 amide bonds. The maximum Gasteiger partial charge on any atom is 0.153 e. The molecule has 1 N–H and O–H groups in total. The number of aromatic nitrogens is 3. The summed E-state index contributed by atoms with van der Waals surface area (Å²) in [6.07, 6.45) is 1.85. The van der Waals surface area contributed by atoms with Crippen LogP contribution in [0.3, 0.4) is 0 Å². The van der Waals surface area contributed by atoms with Crippen molar-refractivity contribution in [3.05, 3.63) is 156 Å². The van der Waals surface area contributed by atoms with Crippen molar-refractivity contribution < 1.29 is 9.52 Å². The zero-order valence-corrected chi connectivity index (χ0v) is 38.9. The summed E-state index contributed by atoms with van der Waals surface area (Å²) in [5.74, 6) is 0.949. The molecule has 0 aliphatic heterocycles. The molecule has 5 heteroatoms. The molecule has 0 fully saturated rings. The number of aromatic hydroxyl groups is 1. The van der Waals surface area contributed by atoms with Crippen LogP contribution in [0.25, 0.3) is 83.6 Å². The number of nitrogens with zero attached hydrogens (tertiary/aromatic N) is 3. The number of furan rings is 1. The molecule has 0 bridgehead atoms. The van der Waals surface area contributed by atoms with Crippen LogP contribution in [0.4, 0.5) is 0 Å². The van der Waals surface area contributed by atoms with E-state index in [0.717, 1.165) is 83.3 Å². The lowest BCUT2D eigenvalue weighted by atomic mass is 9.79. The lowest BCUT2D eigenvalue weighted by Gasteiger charge is -2.28. The molecule has 3 aromatic heterocycles. The normalized spacial score (nSPS) is 12.8. The van der Waals surface area contributed by atoms with Gasteiger partial charge in [-0.15, -0.1) is 0 Å². The van der Waals surface area contributed by atoms with Crippen molar-refractivity contribution >= 4 is 33.0 Å². The largest absolute Gasteiger partial charge is 0.507 e. The van der Waals surface area contributed by atoms with Crippen LogP contribution in [0.1, 0.15) is 105 Å². The molecular weight excluding hydrogens is 771 g/mol. The predicted octanol–water partition coefficient (Wildman–Crippen LogP) is 15.9. The monoisotopic (exact) mass is 829 g/mol. The highest BCUT2D eigenvalue weighted by molar-refractivity contribution is 6.06. The van der Waals surface area contributed by atoms with Crippen LogP contribution >= 0.6 is 0 Å². The fourth-order valence-electron chi connectivity index (χ4n) is 8.77. The zero-order chi connectivity index (χ0) is 44.8. The van der Waals surface area contributed by atoms with Gasteiger partial charge in [-0.3, -0.25) is 9.55 Å². The van der Waals surface area contributed by atoms with Gasteiger partial charge in [0, 0.05) is 33.0 Å². The molecule has 0 radical (unpaired) electrons. The molecule has 0 aliphatic rings. The Balaban J connectivity index is 1.37. The predicted molar refractivity (Wildman–Crippen MR) is 264 cm³/mol. The highest BCUT2D eigenvalue weighted by Crippen LogP contribution is 2.46. The van der Waals surface area contributed by atoms with Crippen LogP contribution < -0.4 is 0 Å². The van der Waals surface area contributed by atoms with E-state index in [9.17, 15) is 5.11 Å². The topological polar surface area (TPSA) is 64.1 Å². The van der Waals surface area contributed by atoms with E-state index < -0.39 is 0 Å². The Kier molecular flexibility index (Phi) is 9.86. The van der Waals surface area contributed by atoms with Gasteiger partial charge in [0.15, 0.2) is 5.58 Å². The van der Waals surface area contributed by atoms with Crippen molar-refractivity contribution in [1.29, 1.82) is 0 Å². The van der Waals surface area contributed by atoms with E-state index in [4.69, 9.17) is 14.4 Å². The molecule has 0 aliphatic carbocycles. The minimum atomic E-state index is -0.324. The second kappa shape index (κ2) is 14.8. The van der Waals surface area contributed by atoms with Gasteiger partial charge >= 0.3 is 0 Å². The van der Waals surface area contributed by atoms with Gasteiger partial charge < -0.3 is 9.52 Å². The fourth-order valence-corrected chi connectivity index (χ4v) is 8.77. The van der Waals surface area contributed by atoms with Crippen molar-refractivity contribution in [2.75, 3.05) is 0 Å². The summed E-state index contributed by atoms with van der Waals surface area (Å²) in [5, 5.41) is 14.7. The van der Waals surface area contributed by atoms with Gasteiger partial charge in [-0.2, -0.15) is 0 Å². The quantitative estimate of drug-likeness (QED) is 0.188. The maximum absolute atomic E-state index is 12.5. The molecule has 318 valence electrons. The lowest BCUT2D eigenvalue weighted by molar-refractivity contribution is 0.446. The molecule has 0 atom stereocenters. The number of rotatable bonds is 5. The number of benzene rings is 6. The number of hydrogen-bond acceptors (Lipinski definition) is 4. The van der Waals surface area contributed by atoms with Crippen LogP contribution in [0.15, 0.2) is 138 Å². The molecule has 9 rings (SSSR count). The number of pyridine rings is 1. The van der Waals surface area contributed by atoms with Gasteiger partial charge in [-0.25, -0.2) is 4.98 Å². The van der Waals surface area contributed by atoms with Crippen LogP contribution in [-0.4, -0.2) is 19.6 Å². The van der Waals surface area contributed by atoms with E-state index in [1.165, 1.54) is 11.1 Å². The SMILES string of the molecule is CC(C)(C)c1cc(-c2cc3c(cn2)oc2ccccc23)cc(-c2cccc3c2nc(-c2cc(C(C)(C)C)cc(C(C)(C)C)c2O)n3-c2ccc(C(C)(C)C)cc2-c2ccccc2)c1. The summed E-state index contributed by atoms with van der Waals surface area (Å²) < 4.78 is 8.46. The molecule has 5 nitrogen and oxygen atoms in total. The zero-order valence-electron chi connectivity index (χ0n) is 38.9. The van der Waals surface area contributed by atoms with Gasteiger partial charge in [-0.1, -0.05) is 162 Å². The minimum Gasteiger partial charge on any atom is -0.507 e. The fraction of sp³-hybridized carbons (Fsp3) is 0.276. The van der Waals surface area contributed by atoms with Crippen LogP contribution in [-0.2, 0) is 21.7 Å². The second-order valence-corrected chi connectivity index (χ2v) is 21.4. The first-order valence-corrected chi connectivity index (χ1v) is 22.2. The molecular formula is C58H59N3O2. The highest BCUT2D eigenvalue weighted by Gasteiger charge is 2.30. The van der Waals surface area contributed by atoms with Gasteiger partial charge in [0.1, 0.15) is 17.2 Å². The summed E-state index contributed by atoms with van der Waals surface area (Å²) in [5.41, 5.74) is 15.0. The molecule has 3 heterocycles. The molecule has 6 aromatic carbocycles. The number of fused-ring (bicyclic) bond motifs is 4. The van der Waals surface area contributed by atoms with Crippen molar-refractivity contribution in [3.63, 3.8) is 0 Å². The Morgan fingerprint density at radius 3 is 1.84 bits per heavy atom. The van der Waals surface area contributed by atoms with E-state index in [1.807, 2.05) is 18.3 Å². The van der Waals surface area contributed by atoms with Crippen molar-refractivity contribution in [3.8, 4) is 56.3 Å². The Morgan fingerprint density at radius 1 is 0.492 bits per heavy atom. The third-order valence-electron chi connectivity index (χ3n) is 12.6. The van der Waals surface area contributed by atoms with E-state index in [0.29, 0.717) is 11.4 Å². The molecule has 0 unspecified atom stereocenters. The molecule has 0 saturated heterocycles. The van der Waals surface area contributed by atoms with Gasteiger partial charge in [0.2, 0.25) is 0 Å². The molecule has 0 spiro atoms. The van der Waals surface area contributed by atoms with Gasteiger partial charge in [0.25, 0.3) is 0 Å². The van der Waals surface area contributed by atoms with E-state index >= 15 is 0 Å². The van der Waals surface area contributed by atoms with Crippen LogP contribution in [0, 0.1) is 0 Å². The van der Waals surface area contributed by atoms with Crippen molar-refractivity contribution in [1.82, 2.24) is 14.5 Å². The number of imidazole rings is 1. The second-order valence-electron chi connectivity index (χ2n) is 21.4. The average Bonchev–Trinajstić information content (AvgIpc) is 3.80. The minimum absolute atomic E-state index is 0.0736. The Bertz CT molecular complexity index is 3210. The molecule has 9 aromatic rings. The first-order chi connectivity index (χ1) is 29.7. The summed E-state index contributed by atoms with van der Waals surface area (Å²) in [6.45, 7) is 26.8. The molecule has 0 saturated carbocycles.